The predicted octanol–water partition coefficient (Wildman–Crippen LogP) is 11.1. The summed E-state index contributed by atoms with van der Waals surface area (Å²) in [5.74, 6) is 5.14. The van der Waals surface area contributed by atoms with Crippen molar-refractivity contribution in [1.82, 2.24) is 0 Å². The molecule has 0 heterocycles. The Morgan fingerprint density at radius 3 is 2.26 bits per heavy atom. The maximum absolute atomic E-state index is 2.72. The van der Waals surface area contributed by atoms with Gasteiger partial charge in [-0.3, -0.25) is 0 Å². The Bertz CT molecular complexity index is 530. The van der Waals surface area contributed by atoms with Crippen molar-refractivity contribution < 1.29 is 0 Å². The number of hydrogen-bond acceptors (Lipinski definition) is 0. The molecule has 0 aromatic heterocycles. The minimum atomic E-state index is 0. The normalized spacial score (nSPS) is 41.7. The van der Waals surface area contributed by atoms with E-state index in [2.05, 4.69) is 33.8 Å². The first kappa shape index (κ1) is 30.7. The molecule has 0 heteroatoms. The van der Waals surface area contributed by atoms with E-state index >= 15 is 0 Å². The van der Waals surface area contributed by atoms with Crippen molar-refractivity contribution in [3.8, 4) is 0 Å². The summed E-state index contributed by atoms with van der Waals surface area (Å²) in [4.78, 5) is 0. The summed E-state index contributed by atoms with van der Waals surface area (Å²) in [5.41, 5.74) is 3.13. The fraction of sp³-hybridized carbons (Fsp3) is 0.935. The van der Waals surface area contributed by atoms with Gasteiger partial charge in [0, 0.05) is 0 Å². The van der Waals surface area contributed by atoms with Crippen LogP contribution in [0, 0.1) is 40.4 Å². The molecule has 0 aromatic carbocycles. The van der Waals surface area contributed by atoms with Gasteiger partial charge in [-0.15, -0.1) is 0 Å². The highest BCUT2D eigenvalue weighted by molar-refractivity contribution is 5.24. The third-order valence-corrected chi connectivity index (χ3v) is 9.97. The highest BCUT2D eigenvalue weighted by Crippen LogP contribution is 2.67. The van der Waals surface area contributed by atoms with Crippen molar-refractivity contribution in [3.05, 3.63) is 11.6 Å². The average Bonchev–Trinajstić information content (AvgIpc) is 3.04. The largest absolute Gasteiger partial charge is 0.0848 e. The summed E-state index contributed by atoms with van der Waals surface area (Å²) in [5, 5.41) is 0. The van der Waals surface area contributed by atoms with Gasteiger partial charge in [0.1, 0.15) is 0 Å². The average molecular weight is 435 g/mol. The van der Waals surface area contributed by atoms with Crippen LogP contribution in [0.1, 0.15) is 147 Å². The molecule has 7 atom stereocenters. The van der Waals surface area contributed by atoms with Crippen LogP contribution in [0.2, 0.25) is 0 Å². The number of rotatable bonds is 4. The quantitative estimate of drug-likeness (QED) is 0.305. The van der Waals surface area contributed by atoms with Gasteiger partial charge in [0.2, 0.25) is 0 Å². The molecule has 0 aliphatic heterocycles. The molecule has 4 aliphatic carbocycles. The molecule has 4 fully saturated rings. The van der Waals surface area contributed by atoms with E-state index in [9.17, 15) is 0 Å². The molecule has 4 rings (SSSR count). The summed E-state index contributed by atoms with van der Waals surface area (Å²) in [6, 6.07) is 0. The number of hydrogen-bond donors (Lipinski definition) is 0. The summed E-state index contributed by atoms with van der Waals surface area (Å²) >= 11 is 0. The van der Waals surface area contributed by atoms with Crippen LogP contribution in [0.5, 0.6) is 0 Å². The van der Waals surface area contributed by atoms with Crippen molar-refractivity contribution in [1.29, 1.82) is 0 Å². The summed E-state index contributed by atoms with van der Waals surface area (Å²) in [6.07, 6.45) is 21.8. The third-order valence-electron chi connectivity index (χ3n) is 9.97. The van der Waals surface area contributed by atoms with Gasteiger partial charge in [0.25, 0.3) is 0 Å². The van der Waals surface area contributed by atoms with Gasteiger partial charge < -0.3 is 0 Å². The minimum Gasteiger partial charge on any atom is -0.0848 e. The van der Waals surface area contributed by atoms with E-state index in [4.69, 9.17) is 0 Å². The van der Waals surface area contributed by atoms with Gasteiger partial charge in [-0.2, -0.15) is 0 Å². The Morgan fingerprint density at radius 1 is 0.871 bits per heavy atom. The van der Waals surface area contributed by atoms with E-state index in [1.165, 1.54) is 70.6 Å². The van der Waals surface area contributed by atoms with Crippen molar-refractivity contribution in [3.63, 3.8) is 0 Å². The first-order valence-electron chi connectivity index (χ1n) is 13.2. The second kappa shape index (κ2) is 12.8. The highest BCUT2D eigenvalue weighted by atomic mass is 14.6. The molecule has 0 amide bonds. The van der Waals surface area contributed by atoms with Crippen LogP contribution in [-0.4, -0.2) is 0 Å². The molecular weight excluding hydrogens is 372 g/mol. The van der Waals surface area contributed by atoms with Gasteiger partial charge in [-0.25, -0.2) is 0 Å². The fourth-order valence-electron chi connectivity index (χ4n) is 8.33. The molecule has 0 spiro atoms. The smallest absolute Gasteiger partial charge is 0.00852 e. The van der Waals surface area contributed by atoms with Gasteiger partial charge in [0.05, 0.1) is 0 Å². The first-order valence-corrected chi connectivity index (χ1v) is 13.2. The van der Waals surface area contributed by atoms with E-state index < -0.39 is 0 Å². The van der Waals surface area contributed by atoms with Gasteiger partial charge in [-0.05, 0) is 105 Å². The summed E-state index contributed by atoms with van der Waals surface area (Å²) in [6.45, 7) is 14.2. The molecule has 0 aromatic rings. The molecule has 4 saturated carbocycles. The monoisotopic (exact) mass is 434 g/mol. The van der Waals surface area contributed by atoms with Crippen molar-refractivity contribution in [2.45, 2.75) is 147 Å². The van der Waals surface area contributed by atoms with Crippen molar-refractivity contribution in [2.24, 2.45) is 40.4 Å². The molecule has 4 aliphatic rings. The lowest BCUT2D eigenvalue weighted by atomic mass is 9.44. The van der Waals surface area contributed by atoms with E-state index in [0.717, 1.165) is 29.6 Å². The first-order chi connectivity index (χ1) is 13.5. The molecule has 0 nitrogen and oxygen atoms in total. The lowest BCUT2D eigenvalue weighted by molar-refractivity contribution is -0.105. The fourth-order valence-corrected chi connectivity index (χ4v) is 8.33. The maximum Gasteiger partial charge on any atom is -0.00852 e. The zero-order chi connectivity index (χ0) is 20.4. The molecular formula is C31H62. The van der Waals surface area contributed by atoms with E-state index in [0.29, 0.717) is 10.8 Å². The number of fused-ring (bicyclic) bond motifs is 5. The molecule has 31 heavy (non-hydrogen) atoms. The van der Waals surface area contributed by atoms with Crippen LogP contribution in [-0.2, 0) is 0 Å². The molecule has 0 saturated heterocycles. The summed E-state index contributed by atoms with van der Waals surface area (Å²) in [7, 11) is 0. The Balaban J connectivity index is 0.00000175. The Kier molecular flexibility index (Phi) is 12.7. The second-order valence-electron chi connectivity index (χ2n) is 11.3. The van der Waals surface area contributed by atoms with Crippen LogP contribution in [0.3, 0.4) is 0 Å². The second-order valence-corrected chi connectivity index (χ2v) is 11.3. The zero-order valence-electron chi connectivity index (χ0n) is 20.2. The molecule has 7 unspecified atom stereocenters. The van der Waals surface area contributed by atoms with Crippen LogP contribution >= 0.6 is 0 Å². The van der Waals surface area contributed by atoms with Crippen LogP contribution in [0.4, 0.5) is 0 Å². The Labute approximate surface area is 199 Å². The van der Waals surface area contributed by atoms with Crippen LogP contribution in [0.25, 0.3) is 0 Å². The Hall–Kier alpha value is -0.260. The third kappa shape index (κ3) is 5.63. The van der Waals surface area contributed by atoms with Crippen molar-refractivity contribution in [2.75, 3.05) is 0 Å². The van der Waals surface area contributed by atoms with Gasteiger partial charge in [0.15, 0.2) is 0 Å². The van der Waals surface area contributed by atoms with E-state index in [1.807, 2.05) is 19.4 Å². The predicted molar refractivity (Wildman–Crippen MR) is 145 cm³/mol. The topological polar surface area (TPSA) is 0 Å². The van der Waals surface area contributed by atoms with Gasteiger partial charge >= 0.3 is 0 Å². The van der Waals surface area contributed by atoms with E-state index in [-0.39, 0.29) is 22.3 Å². The van der Waals surface area contributed by atoms with Crippen LogP contribution < -0.4 is 0 Å². The van der Waals surface area contributed by atoms with Crippen LogP contribution in [0.15, 0.2) is 11.6 Å². The SMILES string of the molecule is C.C.C.CC.CCCCC/C=C1/CCC2C3CCC4CC(C)CCC4(C)C3CCC12C. The molecule has 0 N–H and O–H groups in total. The lowest BCUT2D eigenvalue weighted by Crippen LogP contribution is -2.52. The molecule has 0 bridgehead atoms. The Morgan fingerprint density at radius 2 is 1.58 bits per heavy atom. The van der Waals surface area contributed by atoms with E-state index in [1.54, 1.807) is 12.8 Å². The molecule has 186 valence electrons. The lowest BCUT2D eigenvalue weighted by Gasteiger charge is -2.60. The number of allylic oxidation sites excluding steroid dienone is 2. The molecule has 0 radical (unpaired) electrons. The van der Waals surface area contributed by atoms with Crippen molar-refractivity contribution >= 4 is 0 Å². The minimum absolute atomic E-state index is 0. The summed E-state index contributed by atoms with van der Waals surface area (Å²) < 4.78 is 0. The maximum atomic E-state index is 2.72. The zero-order valence-corrected chi connectivity index (χ0v) is 20.2. The highest BCUT2D eigenvalue weighted by Gasteiger charge is 2.58. The van der Waals surface area contributed by atoms with Gasteiger partial charge in [-0.1, -0.05) is 94.7 Å². The standard InChI is InChI=1S/C26H44.C2H6.3CH4/c1-5-6-7-8-9-20-11-13-23-22-12-10-21-18-19(2)14-16-26(21,4)24(22)15-17-25(20,23)3;1-2;;;/h9,19,21-24H,5-8,10-18H2,1-4H3;1-2H3;3*1H4/b20-9-;;;;. The number of unbranched alkanes of at least 4 members (excludes halogenated alkanes) is 3.